The molecule has 1 aliphatic carbocycles. The maximum atomic E-state index is 14.2. The molecule has 2 rings (SSSR count). The van der Waals surface area contributed by atoms with Crippen LogP contribution in [0.4, 0.5) is 10.2 Å². The van der Waals surface area contributed by atoms with E-state index in [1.54, 1.807) is 7.05 Å². The summed E-state index contributed by atoms with van der Waals surface area (Å²) in [6.45, 7) is 4.08. The van der Waals surface area contributed by atoms with Gasteiger partial charge in [0.25, 0.3) is 5.91 Å². The van der Waals surface area contributed by atoms with E-state index < -0.39 is 5.82 Å². The smallest absolute Gasteiger partial charge is 0.256 e. The number of hydrogen-bond donors (Lipinski definition) is 1. The van der Waals surface area contributed by atoms with Crippen molar-refractivity contribution in [2.24, 2.45) is 5.92 Å². The van der Waals surface area contributed by atoms with Gasteiger partial charge in [-0.1, -0.05) is 0 Å². The monoisotopic (exact) mass is 295 g/mol. The summed E-state index contributed by atoms with van der Waals surface area (Å²) in [5.74, 6) is -0.146. The van der Waals surface area contributed by atoms with Crippen LogP contribution >= 0.6 is 0 Å². The van der Waals surface area contributed by atoms with Crippen LogP contribution in [0, 0.1) is 11.7 Å². The highest BCUT2D eigenvalue weighted by atomic mass is 19.1. The Labute approximate surface area is 124 Å². The number of anilines is 1. The Kier molecular flexibility index (Phi) is 5.50. The first-order chi connectivity index (χ1) is 10.1. The number of likely N-dealkylation sites (N-methyl/N-ethyl adjacent to an activating group) is 1. The van der Waals surface area contributed by atoms with E-state index in [1.165, 1.54) is 30.0 Å². The zero-order chi connectivity index (χ0) is 15.2. The predicted molar refractivity (Wildman–Crippen MR) is 78.9 cm³/mol. The fourth-order valence-electron chi connectivity index (χ4n) is 1.94. The molecule has 6 heteroatoms. The molecule has 1 aliphatic rings. The highest BCUT2D eigenvalue weighted by Gasteiger charge is 2.22. The van der Waals surface area contributed by atoms with Crippen molar-refractivity contribution in [1.29, 1.82) is 0 Å². The topological polar surface area (TPSA) is 54.5 Å². The van der Waals surface area contributed by atoms with Crippen LogP contribution in [0.2, 0.25) is 0 Å². The van der Waals surface area contributed by atoms with Crippen molar-refractivity contribution in [3.8, 4) is 0 Å². The minimum absolute atomic E-state index is 0.0330. The Hall–Kier alpha value is -1.69. The number of ether oxygens (including phenoxy) is 1. The fraction of sp³-hybridized carbons (Fsp3) is 0.600. The number of aromatic nitrogens is 1. The van der Waals surface area contributed by atoms with Gasteiger partial charge in [-0.05, 0) is 31.7 Å². The molecular formula is C15H22FN3O2. The highest BCUT2D eigenvalue weighted by molar-refractivity contribution is 5.95. The van der Waals surface area contributed by atoms with Gasteiger partial charge in [-0.15, -0.1) is 0 Å². The van der Waals surface area contributed by atoms with Gasteiger partial charge in [-0.25, -0.2) is 9.37 Å². The zero-order valence-corrected chi connectivity index (χ0v) is 12.6. The number of nitrogens with zero attached hydrogens (tertiary/aromatic N) is 2. The minimum Gasteiger partial charge on any atom is -0.379 e. The number of carbonyl (C=O) groups is 1. The van der Waals surface area contributed by atoms with Crippen LogP contribution in [0.5, 0.6) is 0 Å². The van der Waals surface area contributed by atoms with Crippen LogP contribution in [-0.4, -0.2) is 49.1 Å². The van der Waals surface area contributed by atoms with Gasteiger partial charge in [-0.3, -0.25) is 4.79 Å². The van der Waals surface area contributed by atoms with Gasteiger partial charge >= 0.3 is 0 Å². The predicted octanol–water partition coefficient (Wildman–Crippen LogP) is 2.15. The molecule has 1 N–H and O–H groups in total. The van der Waals surface area contributed by atoms with Crippen molar-refractivity contribution in [1.82, 2.24) is 9.88 Å². The number of amides is 1. The Bertz CT molecular complexity index is 492. The molecule has 0 spiro atoms. The summed E-state index contributed by atoms with van der Waals surface area (Å²) in [6.07, 6.45) is 3.92. The van der Waals surface area contributed by atoms with Crippen LogP contribution < -0.4 is 5.32 Å². The lowest BCUT2D eigenvalue weighted by Gasteiger charge is -2.18. The normalized spacial score (nSPS) is 14.0. The van der Waals surface area contributed by atoms with Gasteiger partial charge in [0.05, 0.1) is 12.2 Å². The number of halogens is 1. The molecule has 0 unspecified atom stereocenters. The molecular weight excluding hydrogens is 273 g/mol. The van der Waals surface area contributed by atoms with Crippen LogP contribution in [0.3, 0.4) is 0 Å². The number of carbonyl (C=O) groups excluding carboxylic acids is 1. The number of hydrogen-bond acceptors (Lipinski definition) is 4. The van der Waals surface area contributed by atoms with Crippen LogP contribution in [-0.2, 0) is 4.74 Å². The van der Waals surface area contributed by atoms with E-state index in [4.69, 9.17) is 4.74 Å². The first-order valence-electron chi connectivity index (χ1n) is 7.35. The van der Waals surface area contributed by atoms with E-state index >= 15 is 0 Å². The standard InChI is InChI=1S/C15H22FN3O2/c1-3-17-14-13(16)12(6-7-18-14)15(20)19(2)8-9-21-10-11-4-5-11/h6-7,11H,3-5,8-10H2,1-2H3,(H,17,18). The lowest BCUT2D eigenvalue weighted by Crippen LogP contribution is -2.31. The van der Waals surface area contributed by atoms with Crippen LogP contribution in [0.25, 0.3) is 0 Å². The van der Waals surface area contributed by atoms with Crippen LogP contribution in [0.15, 0.2) is 12.3 Å². The van der Waals surface area contributed by atoms with Gasteiger partial charge in [0.15, 0.2) is 11.6 Å². The van der Waals surface area contributed by atoms with Gasteiger partial charge in [0.2, 0.25) is 0 Å². The maximum absolute atomic E-state index is 14.2. The molecule has 1 heterocycles. The van der Waals surface area contributed by atoms with E-state index in [2.05, 4.69) is 10.3 Å². The summed E-state index contributed by atoms with van der Waals surface area (Å²) in [5, 5.41) is 2.80. The zero-order valence-electron chi connectivity index (χ0n) is 12.6. The Balaban J connectivity index is 1.89. The van der Waals surface area contributed by atoms with E-state index in [9.17, 15) is 9.18 Å². The summed E-state index contributed by atoms with van der Waals surface area (Å²) >= 11 is 0. The van der Waals surface area contributed by atoms with E-state index in [0.29, 0.717) is 25.6 Å². The summed E-state index contributed by atoms with van der Waals surface area (Å²) in [6, 6.07) is 1.40. The fourth-order valence-corrected chi connectivity index (χ4v) is 1.94. The molecule has 1 fully saturated rings. The molecule has 0 radical (unpaired) electrons. The summed E-state index contributed by atoms with van der Waals surface area (Å²) in [4.78, 5) is 17.6. The molecule has 0 saturated heterocycles. The molecule has 5 nitrogen and oxygen atoms in total. The van der Waals surface area contributed by atoms with Gasteiger partial charge < -0.3 is 15.0 Å². The van der Waals surface area contributed by atoms with Crippen molar-refractivity contribution in [2.45, 2.75) is 19.8 Å². The molecule has 116 valence electrons. The largest absolute Gasteiger partial charge is 0.379 e. The molecule has 0 aromatic carbocycles. The second-order valence-electron chi connectivity index (χ2n) is 5.30. The van der Waals surface area contributed by atoms with E-state index in [-0.39, 0.29) is 17.3 Å². The first kappa shape index (κ1) is 15.7. The Morgan fingerprint density at radius 1 is 1.57 bits per heavy atom. The molecule has 0 aliphatic heterocycles. The number of rotatable bonds is 8. The molecule has 1 aromatic heterocycles. The second kappa shape index (κ2) is 7.36. The van der Waals surface area contributed by atoms with Crippen molar-refractivity contribution < 1.29 is 13.9 Å². The SMILES string of the molecule is CCNc1nccc(C(=O)N(C)CCOCC2CC2)c1F. The van der Waals surface area contributed by atoms with Crippen LogP contribution in [0.1, 0.15) is 30.1 Å². The first-order valence-corrected chi connectivity index (χ1v) is 7.35. The van der Waals surface area contributed by atoms with Gasteiger partial charge in [0.1, 0.15) is 0 Å². The second-order valence-corrected chi connectivity index (χ2v) is 5.30. The highest BCUT2D eigenvalue weighted by Crippen LogP contribution is 2.28. The molecule has 1 amide bonds. The van der Waals surface area contributed by atoms with E-state index in [0.717, 1.165) is 6.61 Å². The lowest BCUT2D eigenvalue weighted by molar-refractivity contribution is 0.0677. The quantitative estimate of drug-likeness (QED) is 0.747. The van der Waals surface area contributed by atoms with E-state index in [1.807, 2.05) is 6.92 Å². The molecule has 1 saturated carbocycles. The maximum Gasteiger partial charge on any atom is 0.256 e. The number of nitrogens with one attached hydrogen (secondary N) is 1. The number of pyridine rings is 1. The average Bonchev–Trinajstić information content (AvgIpc) is 3.29. The lowest BCUT2D eigenvalue weighted by atomic mass is 10.2. The summed E-state index contributed by atoms with van der Waals surface area (Å²) < 4.78 is 19.7. The van der Waals surface area contributed by atoms with Crippen molar-refractivity contribution in [2.75, 3.05) is 38.7 Å². The molecule has 1 aromatic rings. The summed E-state index contributed by atoms with van der Waals surface area (Å²) in [7, 11) is 1.65. The van der Waals surface area contributed by atoms with Gasteiger partial charge in [-0.2, -0.15) is 0 Å². The van der Waals surface area contributed by atoms with Crippen molar-refractivity contribution in [3.63, 3.8) is 0 Å². The Morgan fingerprint density at radius 2 is 2.33 bits per heavy atom. The molecule has 0 bridgehead atoms. The average molecular weight is 295 g/mol. The third-order valence-corrected chi connectivity index (χ3v) is 3.43. The van der Waals surface area contributed by atoms with Gasteiger partial charge in [0, 0.05) is 32.9 Å². The van der Waals surface area contributed by atoms with Crippen molar-refractivity contribution >= 4 is 11.7 Å². The molecule has 21 heavy (non-hydrogen) atoms. The Morgan fingerprint density at radius 3 is 3.00 bits per heavy atom. The minimum atomic E-state index is -0.602. The molecule has 0 atom stereocenters. The van der Waals surface area contributed by atoms with Crippen molar-refractivity contribution in [3.05, 3.63) is 23.6 Å². The summed E-state index contributed by atoms with van der Waals surface area (Å²) in [5.41, 5.74) is 0.0330. The third-order valence-electron chi connectivity index (χ3n) is 3.43. The third kappa shape index (κ3) is 4.39.